The summed E-state index contributed by atoms with van der Waals surface area (Å²) in [6.07, 6.45) is -0.0544. The van der Waals surface area contributed by atoms with Gasteiger partial charge in [0.2, 0.25) is 0 Å². The Morgan fingerprint density at radius 3 is 2.67 bits per heavy atom. The minimum absolute atomic E-state index is 0.0544. The molecule has 6 heteroatoms. The first-order valence-corrected chi connectivity index (χ1v) is 8.02. The van der Waals surface area contributed by atoms with E-state index in [4.69, 9.17) is 9.47 Å². The maximum atomic E-state index is 12.5. The molecule has 2 fully saturated rings. The Balaban J connectivity index is 1.66. The van der Waals surface area contributed by atoms with Crippen LogP contribution in [0.1, 0.15) is 11.7 Å². The lowest BCUT2D eigenvalue weighted by molar-refractivity contribution is -0.0265. The van der Waals surface area contributed by atoms with Gasteiger partial charge in [0.25, 0.3) is 0 Å². The number of ether oxygens (including phenoxy) is 2. The van der Waals surface area contributed by atoms with Crippen LogP contribution >= 0.6 is 15.9 Å². The lowest BCUT2D eigenvalue weighted by Crippen LogP contribution is -2.51. The minimum Gasteiger partial charge on any atom is -0.378 e. The van der Waals surface area contributed by atoms with Crippen molar-refractivity contribution in [3.05, 3.63) is 34.3 Å². The van der Waals surface area contributed by atoms with Crippen molar-refractivity contribution in [1.82, 2.24) is 9.80 Å². The van der Waals surface area contributed by atoms with Gasteiger partial charge < -0.3 is 19.3 Å². The summed E-state index contributed by atoms with van der Waals surface area (Å²) in [7, 11) is 0. The van der Waals surface area contributed by atoms with Crippen LogP contribution in [-0.4, -0.2) is 61.8 Å². The molecule has 1 aromatic rings. The van der Waals surface area contributed by atoms with Gasteiger partial charge in [0.05, 0.1) is 26.4 Å². The monoisotopic (exact) mass is 354 g/mol. The Morgan fingerprint density at radius 1 is 1.14 bits per heavy atom. The van der Waals surface area contributed by atoms with Crippen LogP contribution in [0.3, 0.4) is 0 Å². The second-order valence-corrected chi connectivity index (χ2v) is 6.16. The van der Waals surface area contributed by atoms with Crippen molar-refractivity contribution >= 4 is 22.0 Å². The number of morpholine rings is 2. The van der Waals surface area contributed by atoms with Crippen LogP contribution in [0.2, 0.25) is 0 Å². The fourth-order valence-electron chi connectivity index (χ4n) is 2.69. The van der Waals surface area contributed by atoms with Crippen molar-refractivity contribution in [2.75, 3.05) is 46.0 Å². The van der Waals surface area contributed by atoms with Gasteiger partial charge in [0.1, 0.15) is 6.10 Å². The Kier molecular flexibility index (Phi) is 4.77. The largest absolute Gasteiger partial charge is 0.378 e. The minimum atomic E-state index is -0.0544. The average Bonchev–Trinajstić information content (AvgIpc) is 2.55. The van der Waals surface area contributed by atoms with E-state index >= 15 is 0 Å². The molecule has 0 aromatic heterocycles. The van der Waals surface area contributed by atoms with Gasteiger partial charge in [-0.15, -0.1) is 0 Å². The summed E-state index contributed by atoms with van der Waals surface area (Å²) in [6.45, 7) is 4.45. The number of nitrogens with zero attached hydrogens (tertiary/aromatic N) is 2. The fraction of sp³-hybridized carbons (Fsp3) is 0.533. The highest BCUT2D eigenvalue weighted by Crippen LogP contribution is 2.25. The van der Waals surface area contributed by atoms with Crippen molar-refractivity contribution in [2.24, 2.45) is 0 Å². The first-order valence-electron chi connectivity index (χ1n) is 7.23. The maximum absolute atomic E-state index is 12.5. The third kappa shape index (κ3) is 3.56. The number of rotatable bonds is 1. The topological polar surface area (TPSA) is 42.0 Å². The highest BCUT2D eigenvalue weighted by Gasteiger charge is 2.29. The van der Waals surface area contributed by atoms with Gasteiger partial charge in [-0.2, -0.15) is 0 Å². The summed E-state index contributed by atoms with van der Waals surface area (Å²) in [5.41, 5.74) is 1.10. The normalized spacial score (nSPS) is 23.2. The summed E-state index contributed by atoms with van der Waals surface area (Å²) in [4.78, 5) is 16.3. The molecule has 2 heterocycles. The van der Waals surface area contributed by atoms with Gasteiger partial charge in [-0.25, -0.2) is 4.79 Å². The molecule has 2 aliphatic heterocycles. The molecule has 21 heavy (non-hydrogen) atoms. The van der Waals surface area contributed by atoms with Crippen LogP contribution in [0.15, 0.2) is 28.7 Å². The molecule has 5 nitrogen and oxygen atoms in total. The van der Waals surface area contributed by atoms with E-state index in [1.807, 2.05) is 34.1 Å². The zero-order chi connectivity index (χ0) is 14.7. The molecule has 2 amide bonds. The summed E-state index contributed by atoms with van der Waals surface area (Å²) >= 11 is 3.48. The molecule has 1 aromatic carbocycles. The number of amides is 2. The van der Waals surface area contributed by atoms with E-state index < -0.39 is 0 Å². The van der Waals surface area contributed by atoms with Gasteiger partial charge in [-0.05, 0) is 17.7 Å². The second-order valence-electron chi connectivity index (χ2n) is 5.24. The smallest absolute Gasteiger partial charge is 0.320 e. The molecule has 1 atom stereocenters. The average molecular weight is 355 g/mol. The molecule has 0 spiro atoms. The quantitative estimate of drug-likeness (QED) is 0.776. The molecule has 0 radical (unpaired) electrons. The Morgan fingerprint density at radius 2 is 1.90 bits per heavy atom. The van der Waals surface area contributed by atoms with Crippen molar-refractivity contribution in [3.8, 4) is 0 Å². The van der Waals surface area contributed by atoms with E-state index in [0.29, 0.717) is 46.0 Å². The van der Waals surface area contributed by atoms with E-state index in [-0.39, 0.29) is 12.1 Å². The Labute approximate surface area is 132 Å². The fourth-order valence-corrected chi connectivity index (χ4v) is 3.10. The molecule has 3 rings (SSSR count). The van der Waals surface area contributed by atoms with E-state index in [2.05, 4.69) is 15.9 Å². The summed E-state index contributed by atoms with van der Waals surface area (Å²) in [6, 6.07) is 8.17. The van der Waals surface area contributed by atoms with Gasteiger partial charge in [0, 0.05) is 24.1 Å². The highest BCUT2D eigenvalue weighted by atomic mass is 79.9. The Bertz CT molecular complexity index is 505. The number of carbonyl (C=O) groups is 1. The zero-order valence-electron chi connectivity index (χ0n) is 11.8. The third-order valence-electron chi connectivity index (χ3n) is 3.84. The van der Waals surface area contributed by atoms with Gasteiger partial charge in [-0.3, -0.25) is 0 Å². The summed E-state index contributed by atoms with van der Waals surface area (Å²) in [5, 5.41) is 0. The van der Waals surface area contributed by atoms with E-state index in [1.165, 1.54) is 0 Å². The highest BCUT2D eigenvalue weighted by molar-refractivity contribution is 9.10. The van der Waals surface area contributed by atoms with E-state index in [1.54, 1.807) is 0 Å². The van der Waals surface area contributed by atoms with Crippen LogP contribution < -0.4 is 0 Å². The molecule has 0 saturated carbocycles. The van der Waals surface area contributed by atoms with Crippen molar-refractivity contribution in [1.29, 1.82) is 0 Å². The van der Waals surface area contributed by atoms with Crippen molar-refractivity contribution < 1.29 is 14.3 Å². The molecule has 0 bridgehead atoms. The number of hydrogen-bond donors (Lipinski definition) is 0. The molecular weight excluding hydrogens is 336 g/mol. The Hall–Kier alpha value is -1.11. The van der Waals surface area contributed by atoms with Crippen molar-refractivity contribution in [3.63, 3.8) is 0 Å². The van der Waals surface area contributed by atoms with Gasteiger partial charge >= 0.3 is 6.03 Å². The SMILES string of the molecule is O=C(N1CCOCC1)N1CCOC(c2cccc(Br)c2)C1. The van der Waals surface area contributed by atoms with Crippen LogP contribution in [0.5, 0.6) is 0 Å². The predicted molar refractivity (Wildman–Crippen MR) is 82.2 cm³/mol. The molecule has 2 aliphatic rings. The van der Waals surface area contributed by atoms with Crippen molar-refractivity contribution in [2.45, 2.75) is 6.10 Å². The van der Waals surface area contributed by atoms with Crippen LogP contribution in [0.4, 0.5) is 4.79 Å². The van der Waals surface area contributed by atoms with Gasteiger partial charge in [-0.1, -0.05) is 28.1 Å². The van der Waals surface area contributed by atoms with Crippen LogP contribution in [0, 0.1) is 0 Å². The van der Waals surface area contributed by atoms with Gasteiger partial charge in [0.15, 0.2) is 0 Å². The number of carbonyl (C=O) groups excluding carboxylic acids is 1. The van der Waals surface area contributed by atoms with Crippen LogP contribution in [0.25, 0.3) is 0 Å². The molecular formula is C15H19BrN2O3. The standard InChI is InChI=1S/C15H19BrN2O3/c16-13-3-1-2-12(10-13)14-11-18(6-9-21-14)15(19)17-4-7-20-8-5-17/h1-3,10,14H,4-9,11H2. The first-order chi connectivity index (χ1) is 10.2. The summed E-state index contributed by atoms with van der Waals surface area (Å²) < 4.78 is 12.2. The molecule has 114 valence electrons. The summed E-state index contributed by atoms with van der Waals surface area (Å²) in [5.74, 6) is 0. The van der Waals surface area contributed by atoms with E-state index in [0.717, 1.165) is 10.0 Å². The number of halogens is 1. The first kappa shape index (κ1) is 14.8. The lowest BCUT2D eigenvalue weighted by Gasteiger charge is -2.37. The van der Waals surface area contributed by atoms with Crippen LogP contribution in [-0.2, 0) is 9.47 Å². The number of hydrogen-bond acceptors (Lipinski definition) is 3. The maximum Gasteiger partial charge on any atom is 0.320 e. The lowest BCUT2D eigenvalue weighted by atomic mass is 10.1. The third-order valence-corrected chi connectivity index (χ3v) is 4.33. The zero-order valence-corrected chi connectivity index (χ0v) is 13.4. The number of urea groups is 1. The molecule has 2 saturated heterocycles. The molecule has 0 N–H and O–H groups in total. The van der Waals surface area contributed by atoms with E-state index in [9.17, 15) is 4.79 Å². The molecule has 1 unspecified atom stereocenters. The number of benzene rings is 1. The predicted octanol–water partition coefficient (Wildman–Crippen LogP) is 2.27. The molecule has 0 aliphatic carbocycles. The second kappa shape index (κ2) is 6.77.